The molecule has 5 heteroatoms. The van der Waals surface area contributed by atoms with Gasteiger partial charge in [0.05, 0.1) is 6.61 Å². The Labute approximate surface area is 108 Å². The maximum Gasteiger partial charge on any atom is 0.408 e. The first-order valence-corrected chi connectivity index (χ1v) is 5.86. The van der Waals surface area contributed by atoms with Crippen molar-refractivity contribution in [1.29, 1.82) is 0 Å². The van der Waals surface area contributed by atoms with Crippen LogP contribution in [0.5, 0.6) is 0 Å². The summed E-state index contributed by atoms with van der Waals surface area (Å²) in [7, 11) is 0. The third-order valence-corrected chi connectivity index (χ3v) is 1.80. The van der Waals surface area contributed by atoms with Gasteiger partial charge in [0.15, 0.2) is 0 Å². The number of nitrogens with one attached hydrogen (secondary N) is 1. The van der Waals surface area contributed by atoms with E-state index in [0.29, 0.717) is 12.8 Å². The lowest BCUT2D eigenvalue weighted by Gasteiger charge is -2.21. The second-order valence-electron chi connectivity index (χ2n) is 4.84. The fraction of sp³-hybridized carbons (Fsp3) is 0.692. The Morgan fingerprint density at radius 2 is 2.00 bits per heavy atom. The van der Waals surface area contributed by atoms with Gasteiger partial charge in [0, 0.05) is 6.42 Å². The van der Waals surface area contributed by atoms with Crippen molar-refractivity contribution in [1.82, 2.24) is 5.32 Å². The molecular formula is C13H21NO4. The van der Waals surface area contributed by atoms with Crippen molar-refractivity contribution in [2.75, 3.05) is 6.61 Å². The fourth-order valence-corrected chi connectivity index (χ4v) is 1.02. The van der Waals surface area contributed by atoms with Crippen LogP contribution in [0.4, 0.5) is 4.79 Å². The van der Waals surface area contributed by atoms with Crippen LogP contribution < -0.4 is 5.32 Å². The number of terminal acetylenes is 1. The number of amides is 1. The highest BCUT2D eigenvalue weighted by Gasteiger charge is 2.21. The minimum absolute atomic E-state index is 0.253. The van der Waals surface area contributed by atoms with Gasteiger partial charge in [-0.1, -0.05) is 0 Å². The minimum atomic E-state index is -0.745. The summed E-state index contributed by atoms with van der Waals surface area (Å²) >= 11 is 0. The van der Waals surface area contributed by atoms with Gasteiger partial charge in [-0.05, 0) is 34.1 Å². The third kappa shape index (κ3) is 8.45. The number of unbranched alkanes of at least 4 members (excludes halogenated alkanes) is 1. The Morgan fingerprint density at radius 3 is 2.50 bits per heavy atom. The number of rotatable bonds is 5. The summed E-state index contributed by atoms with van der Waals surface area (Å²) in [5.41, 5.74) is -0.597. The van der Waals surface area contributed by atoms with Crippen molar-refractivity contribution in [3.05, 3.63) is 0 Å². The Bertz CT molecular complexity index is 325. The number of ether oxygens (including phenoxy) is 2. The molecule has 5 nitrogen and oxygen atoms in total. The fourth-order valence-electron chi connectivity index (χ4n) is 1.02. The van der Waals surface area contributed by atoms with Crippen LogP contribution >= 0.6 is 0 Å². The molecule has 1 amide bonds. The largest absolute Gasteiger partial charge is 0.464 e. The maximum atomic E-state index is 11.5. The summed E-state index contributed by atoms with van der Waals surface area (Å²) in [6, 6.07) is -0.745. The van der Waals surface area contributed by atoms with E-state index in [1.807, 2.05) is 0 Å². The van der Waals surface area contributed by atoms with Crippen LogP contribution in [-0.4, -0.2) is 30.3 Å². The molecule has 0 aliphatic rings. The molecule has 0 aromatic carbocycles. The SMILES string of the molecule is C#CCCCOC(=O)[C@H](C)NC(=O)OC(C)(C)C. The molecular weight excluding hydrogens is 234 g/mol. The zero-order chi connectivity index (χ0) is 14.2. The minimum Gasteiger partial charge on any atom is -0.464 e. The highest BCUT2D eigenvalue weighted by Crippen LogP contribution is 2.06. The molecule has 0 bridgehead atoms. The zero-order valence-electron chi connectivity index (χ0n) is 11.4. The first-order chi connectivity index (χ1) is 8.26. The van der Waals surface area contributed by atoms with E-state index in [1.165, 1.54) is 6.92 Å². The summed E-state index contributed by atoms with van der Waals surface area (Å²) in [5.74, 6) is 1.95. The van der Waals surface area contributed by atoms with E-state index in [0.717, 1.165) is 0 Å². The summed E-state index contributed by atoms with van der Waals surface area (Å²) < 4.78 is 9.95. The van der Waals surface area contributed by atoms with E-state index < -0.39 is 23.7 Å². The third-order valence-electron chi connectivity index (χ3n) is 1.80. The second-order valence-corrected chi connectivity index (χ2v) is 4.84. The van der Waals surface area contributed by atoms with E-state index in [-0.39, 0.29) is 6.61 Å². The van der Waals surface area contributed by atoms with Crippen LogP contribution in [-0.2, 0) is 14.3 Å². The molecule has 0 aliphatic heterocycles. The van der Waals surface area contributed by atoms with Gasteiger partial charge in [0.2, 0.25) is 0 Å². The molecule has 0 spiro atoms. The summed E-state index contributed by atoms with van der Waals surface area (Å²) in [5, 5.41) is 2.40. The van der Waals surface area contributed by atoms with Gasteiger partial charge >= 0.3 is 12.1 Å². The van der Waals surface area contributed by atoms with Crippen LogP contribution in [0.15, 0.2) is 0 Å². The molecule has 1 atom stereocenters. The molecule has 0 rings (SSSR count). The van der Waals surface area contributed by atoms with Crippen LogP contribution in [0.2, 0.25) is 0 Å². The lowest BCUT2D eigenvalue weighted by atomic mass is 10.2. The molecule has 0 heterocycles. The number of carbonyl (C=O) groups excluding carboxylic acids is 2. The van der Waals surface area contributed by atoms with Crippen LogP contribution in [0.25, 0.3) is 0 Å². The Balaban J connectivity index is 3.94. The lowest BCUT2D eigenvalue weighted by Crippen LogP contribution is -2.42. The topological polar surface area (TPSA) is 64.6 Å². The van der Waals surface area contributed by atoms with Gasteiger partial charge in [-0.2, -0.15) is 0 Å². The monoisotopic (exact) mass is 255 g/mol. The van der Waals surface area contributed by atoms with Crippen LogP contribution in [0.3, 0.4) is 0 Å². The Kier molecular flexibility index (Phi) is 6.88. The van der Waals surface area contributed by atoms with Crippen molar-refractivity contribution in [3.63, 3.8) is 0 Å². The normalized spacial score (nSPS) is 12.2. The van der Waals surface area contributed by atoms with Crippen molar-refractivity contribution in [3.8, 4) is 12.3 Å². The summed E-state index contributed by atoms with van der Waals surface area (Å²) in [6.07, 6.45) is 5.59. The van der Waals surface area contributed by atoms with E-state index in [1.54, 1.807) is 20.8 Å². The van der Waals surface area contributed by atoms with Crippen LogP contribution in [0, 0.1) is 12.3 Å². The molecule has 102 valence electrons. The van der Waals surface area contributed by atoms with E-state index in [4.69, 9.17) is 15.9 Å². The van der Waals surface area contributed by atoms with Crippen molar-refractivity contribution in [2.24, 2.45) is 0 Å². The van der Waals surface area contributed by atoms with Crippen molar-refractivity contribution in [2.45, 2.75) is 52.2 Å². The van der Waals surface area contributed by atoms with Gasteiger partial charge in [0.25, 0.3) is 0 Å². The highest BCUT2D eigenvalue weighted by molar-refractivity contribution is 5.80. The zero-order valence-corrected chi connectivity index (χ0v) is 11.4. The predicted octanol–water partition coefficient (Wildman–Crippen LogP) is 1.86. The van der Waals surface area contributed by atoms with Crippen molar-refractivity contribution >= 4 is 12.1 Å². The smallest absolute Gasteiger partial charge is 0.408 e. The molecule has 0 saturated carbocycles. The number of hydrogen-bond acceptors (Lipinski definition) is 4. The average Bonchev–Trinajstić information content (AvgIpc) is 2.21. The van der Waals surface area contributed by atoms with E-state index in [2.05, 4.69) is 11.2 Å². The molecule has 0 radical (unpaired) electrons. The second kappa shape index (κ2) is 7.59. The number of alkyl carbamates (subject to hydrolysis) is 1. The van der Waals surface area contributed by atoms with Gasteiger partial charge in [-0.15, -0.1) is 12.3 Å². The number of hydrogen-bond donors (Lipinski definition) is 1. The molecule has 0 saturated heterocycles. The first-order valence-electron chi connectivity index (χ1n) is 5.86. The Hall–Kier alpha value is -1.70. The molecule has 0 aromatic rings. The molecule has 0 unspecified atom stereocenters. The highest BCUT2D eigenvalue weighted by atomic mass is 16.6. The molecule has 1 N–H and O–H groups in total. The number of carbonyl (C=O) groups is 2. The van der Waals surface area contributed by atoms with E-state index in [9.17, 15) is 9.59 Å². The van der Waals surface area contributed by atoms with Gasteiger partial charge < -0.3 is 14.8 Å². The van der Waals surface area contributed by atoms with Crippen molar-refractivity contribution < 1.29 is 19.1 Å². The standard InChI is InChI=1S/C13H21NO4/c1-6-7-8-9-17-11(15)10(2)14-12(16)18-13(3,4)5/h1,10H,7-9H2,2-5H3,(H,14,16)/t10-/m0/s1. The maximum absolute atomic E-state index is 11.5. The molecule has 0 fully saturated rings. The molecule has 18 heavy (non-hydrogen) atoms. The molecule has 0 aliphatic carbocycles. The first kappa shape index (κ1) is 16.3. The predicted molar refractivity (Wildman–Crippen MR) is 67.9 cm³/mol. The average molecular weight is 255 g/mol. The van der Waals surface area contributed by atoms with Crippen LogP contribution in [0.1, 0.15) is 40.5 Å². The molecule has 0 aromatic heterocycles. The van der Waals surface area contributed by atoms with Gasteiger partial charge in [-0.25, -0.2) is 9.59 Å². The summed E-state index contributed by atoms with van der Waals surface area (Å²) in [6.45, 7) is 7.02. The van der Waals surface area contributed by atoms with E-state index >= 15 is 0 Å². The number of esters is 1. The Morgan fingerprint density at radius 1 is 1.39 bits per heavy atom. The summed E-state index contributed by atoms with van der Waals surface area (Å²) in [4.78, 5) is 22.8. The lowest BCUT2D eigenvalue weighted by molar-refractivity contribution is -0.145. The van der Waals surface area contributed by atoms with Gasteiger partial charge in [-0.3, -0.25) is 0 Å². The van der Waals surface area contributed by atoms with Gasteiger partial charge in [0.1, 0.15) is 11.6 Å². The quantitative estimate of drug-likeness (QED) is 0.462.